The van der Waals surface area contributed by atoms with Crippen molar-refractivity contribution in [1.82, 2.24) is 4.90 Å². The molecule has 0 radical (unpaired) electrons. The average Bonchev–Trinajstić information content (AvgIpc) is 2.58. The number of carbonyl (C=O) groups is 1. The highest BCUT2D eigenvalue weighted by Crippen LogP contribution is 2.43. The van der Waals surface area contributed by atoms with Gasteiger partial charge in [0.05, 0.1) is 0 Å². The lowest BCUT2D eigenvalue weighted by Gasteiger charge is -2.52. The average molecular weight is 269 g/mol. The summed E-state index contributed by atoms with van der Waals surface area (Å²) >= 11 is 0. The number of methoxy groups -OCH3 is 1. The Morgan fingerprint density at radius 1 is 1.26 bits per heavy atom. The number of carboxylic acid groups (broad SMARTS) is 1. The van der Waals surface area contributed by atoms with Gasteiger partial charge >= 0.3 is 5.97 Å². The molecule has 0 aromatic carbocycles. The summed E-state index contributed by atoms with van der Waals surface area (Å²) in [7, 11) is 1.67. The number of rotatable bonds is 6. The van der Waals surface area contributed by atoms with Gasteiger partial charge in [0.25, 0.3) is 0 Å². The van der Waals surface area contributed by atoms with Crippen LogP contribution < -0.4 is 0 Å². The van der Waals surface area contributed by atoms with Crippen LogP contribution in [0.4, 0.5) is 0 Å². The second kappa shape index (κ2) is 6.71. The second-order valence-electron chi connectivity index (χ2n) is 6.31. The van der Waals surface area contributed by atoms with Crippen molar-refractivity contribution in [2.45, 2.75) is 57.4 Å². The van der Waals surface area contributed by atoms with Crippen molar-refractivity contribution >= 4 is 5.97 Å². The number of hydrogen-bond donors (Lipinski definition) is 1. The fraction of sp³-hybridized carbons (Fsp3) is 0.933. The van der Waals surface area contributed by atoms with Crippen LogP contribution in [-0.2, 0) is 9.53 Å². The molecule has 1 atom stereocenters. The van der Waals surface area contributed by atoms with Gasteiger partial charge in [-0.25, -0.2) is 0 Å². The van der Waals surface area contributed by atoms with Gasteiger partial charge in [-0.2, -0.15) is 0 Å². The number of aliphatic carboxylic acids is 1. The summed E-state index contributed by atoms with van der Waals surface area (Å²) in [6, 6.07) is -0.302. The van der Waals surface area contributed by atoms with Crippen LogP contribution in [0.3, 0.4) is 0 Å². The number of nitrogens with zero attached hydrogens (tertiary/aromatic N) is 1. The zero-order valence-corrected chi connectivity index (χ0v) is 12.1. The van der Waals surface area contributed by atoms with E-state index in [4.69, 9.17) is 4.74 Å². The smallest absolute Gasteiger partial charge is 0.320 e. The Morgan fingerprint density at radius 3 is 2.42 bits per heavy atom. The first-order chi connectivity index (χ1) is 9.17. The lowest BCUT2D eigenvalue weighted by atomic mass is 9.72. The van der Waals surface area contributed by atoms with Gasteiger partial charge < -0.3 is 9.84 Å². The van der Waals surface area contributed by atoms with E-state index in [1.807, 2.05) is 0 Å². The Balaban J connectivity index is 1.83. The molecule has 1 saturated heterocycles. The maximum absolute atomic E-state index is 11.4. The first kappa shape index (κ1) is 14.8. The van der Waals surface area contributed by atoms with E-state index in [9.17, 15) is 9.90 Å². The number of carboxylic acids is 1. The molecule has 0 bridgehead atoms. The monoisotopic (exact) mass is 269 g/mol. The van der Waals surface area contributed by atoms with Gasteiger partial charge in [-0.05, 0) is 31.1 Å². The highest BCUT2D eigenvalue weighted by atomic mass is 16.5. The molecule has 1 saturated carbocycles. The van der Waals surface area contributed by atoms with Crippen molar-refractivity contribution in [3.05, 3.63) is 0 Å². The van der Waals surface area contributed by atoms with Crippen molar-refractivity contribution in [1.29, 1.82) is 0 Å². The molecule has 0 aromatic rings. The van der Waals surface area contributed by atoms with Gasteiger partial charge in [-0.1, -0.05) is 25.7 Å². The third kappa shape index (κ3) is 3.69. The third-order valence-electron chi connectivity index (χ3n) is 4.79. The molecule has 1 aliphatic carbocycles. The largest absolute Gasteiger partial charge is 0.480 e. The standard InChI is InChI=1S/C15H27NO3/c1-19-10-6-7-13(14(17)18)16-11-15(12-16)8-4-2-3-5-9-15/h13H,2-12H2,1H3,(H,17,18). The Hall–Kier alpha value is -0.610. The van der Waals surface area contributed by atoms with Crippen LogP contribution in [0.15, 0.2) is 0 Å². The minimum atomic E-state index is -0.667. The molecule has 1 heterocycles. The van der Waals surface area contributed by atoms with Crippen LogP contribution >= 0.6 is 0 Å². The summed E-state index contributed by atoms with van der Waals surface area (Å²) in [5, 5.41) is 9.37. The van der Waals surface area contributed by atoms with E-state index >= 15 is 0 Å². The van der Waals surface area contributed by atoms with Gasteiger partial charge in [0.1, 0.15) is 6.04 Å². The van der Waals surface area contributed by atoms with Crippen LogP contribution in [0.5, 0.6) is 0 Å². The van der Waals surface area contributed by atoms with Crippen LogP contribution in [-0.4, -0.2) is 48.8 Å². The maximum atomic E-state index is 11.4. The van der Waals surface area contributed by atoms with E-state index < -0.39 is 5.97 Å². The van der Waals surface area contributed by atoms with E-state index in [-0.39, 0.29) is 6.04 Å². The molecular weight excluding hydrogens is 242 g/mol. The molecule has 0 amide bonds. The van der Waals surface area contributed by atoms with Crippen LogP contribution in [0.25, 0.3) is 0 Å². The van der Waals surface area contributed by atoms with E-state index in [2.05, 4.69) is 4.90 Å². The predicted molar refractivity (Wildman–Crippen MR) is 74.2 cm³/mol. The minimum absolute atomic E-state index is 0.302. The van der Waals surface area contributed by atoms with E-state index in [0.29, 0.717) is 18.4 Å². The van der Waals surface area contributed by atoms with E-state index in [1.54, 1.807) is 7.11 Å². The lowest BCUT2D eigenvalue weighted by molar-refractivity contribution is -0.150. The van der Waals surface area contributed by atoms with Crippen LogP contribution in [0.1, 0.15) is 51.4 Å². The molecule has 4 heteroatoms. The number of likely N-dealkylation sites (tertiary alicyclic amines) is 1. The Morgan fingerprint density at radius 2 is 1.89 bits per heavy atom. The molecule has 4 nitrogen and oxygen atoms in total. The quantitative estimate of drug-likeness (QED) is 0.753. The molecule has 110 valence electrons. The second-order valence-corrected chi connectivity index (χ2v) is 6.31. The Labute approximate surface area is 116 Å². The first-order valence-corrected chi connectivity index (χ1v) is 7.63. The van der Waals surface area contributed by atoms with Crippen molar-refractivity contribution in [2.75, 3.05) is 26.8 Å². The van der Waals surface area contributed by atoms with Gasteiger partial charge in [-0.15, -0.1) is 0 Å². The molecule has 2 fully saturated rings. The van der Waals surface area contributed by atoms with E-state index in [0.717, 1.165) is 19.5 Å². The summed E-state index contributed by atoms with van der Waals surface area (Å²) in [6.07, 6.45) is 9.51. The minimum Gasteiger partial charge on any atom is -0.480 e. The lowest BCUT2D eigenvalue weighted by Crippen LogP contribution is -2.61. The Bertz CT molecular complexity index is 290. The molecule has 1 aliphatic heterocycles. The maximum Gasteiger partial charge on any atom is 0.320 e. The SMILES string of the molecule is COCCCC(C(=O)O)N1CC2(CCCCCC2)C1. The molecular formula is C15H27NO3. The fourth-order valence-corrected chi connectivity index (χ4v) is 3.71. The molecule has 1 unspecified atom stereocenters. The summed E-state index contributed by atoms with van der Waals surface area (Å²) < 4.78 is 5.02. The molecule has 0 aromatic heterocycles. The molecule has 19 heavy (non-hydrogen) atoms. The molecule has 2 rings (SSSR count). The van der Waals surface area contributed by atoms with E-state index in [1.165, 1.54) is 38.5 Å². The fourth-order valence-electron chi connectivity index (χ4n) is 3.71. The molecule has 1 N–H and O–H groups in total. The van der Waals surface area contributed by atoms with Crippen molar-refractivity contribution in [3.63, 3.8) is 0 Å². The van der Waals surface area contributed by atoms with Crippen molar-refractivity contribution in [3.8, 4) is 0 Å². The Kier molecular flexibility index (Phi) is 5.22. The topological polar surface area (TPSA) is 49.8 Å². The van der Waals surface area contributed by atoms with Crippen molar-refractivity contribution in [2.24, 2.45) is 5.41 Å². The van der Waals surface area contributed by atoms with Gasteiger partial charge in [0.15, 0.2) is 0 Å². The summed E-state index contributed by atoms with van der Waals surface area (Å²) in [5.41, 5.74) is 0.450. The summed E-state index contributed by atoms with van der Waals surface area (Å²) in [4.78, 5) is 13.6. The highest BCUT2D eigenvalue weighted by Gasteiger charge is 2.46. The number of hydrogen-bond acceptors (Lipinski definition) is 3. The normalized spacial score (nSPS) is 24.7. The summed E-state index contributed by atoms with van der Waals surface area (Å²) in [6.45, 7) is 2.65. The van der Waals surface area contributed by atoms with Gasteiger partial charge in [0.2, 0.25) is 0 Å². The van der Waals surface area contributed by atoms with Gasteiger partial charge in [0, 0.05) is 26.8 Å². The number of ether oxygens (including phenoxy) is 1. The van der Waals surface area contributed by atoms with Gasteiger partial charge in [-0.3, -0.25) is 9.69 Å². The first-order valence-electron chi connectivity index (χ1n) is 7.63. The zero-order valence-electron chi connectivity index (χ0n) is 12.1. The van der Waals surface area contributed by atoms with Crippen LogP contribution in [0.2, 0.25) is 0 Å². The third-order valence-corrected chi connectivity index (χ3v) is 4.79. The molecule has 1 spiro atoms. The van der Waals surface area contributed by atoms with Crippen molar-refractivity contribution < 1.29 is 14.6 Å². The summed E-state index contributed by atoms with van der Waals surface area (Å²) in [5.74, 6) is -0.667. The predicted octanol–water partition coefficient (Wildman–Crippen LogP) is 2.52. The highest BCUT2D eigenvalue weighted by molar-refractivity contribution is 5.73. The van der Waals surface area contributed by atoms with Crippen LogP contribution in [0, 0.1) is 5.41 Å². The molecule has 2 aliphatic rings. The zero-order chi connectivity index (χ0) is 13.7.